The average molecular weight is 244 g/mol. The summed E-state index contributed by atoms with van der Waals surface area (Å²) in [6.45, 7) is 1.87. The van der Waals surface area contributed by atoms with E-state index < -0.39 is 0 Å². The van der Waals surface area contributed by atoms with E-state index in [1.54, 1.807) is 24.3 Å². The molecule has 2 rings (SSSR count). The van der Waals surface area contributed by atoms with Gasteiger partial charge < -0.3 is 15.1 Å². The number of aryl methyl sites for hydroxylation is 1. The lowest BCUT2D eigenvalue weighted by Gasteiger charge is -2.08. The summed E-state index contributed by atoms with van der Waals surface area (Å²) in [5.74, 6) is -0.0959. The normalized spacial score (nSPS) is 9.83. The summed E-state index contributed by atoms with van der Waals surface area (Å²) in [5.41, 5.74) is 2.16. The molecule has 0 radical (unpaired) electrons. The molecule has 2 amide bonds. The Labute approximate surface area is 104 Å². The molecule has 18 heavy (non-hydrogen) atoms. The van der Waals surface area contributed by atoms with Crippen LogP contribution >= 0.6 is 0 Å². The summed E-state index contributed by atoms with van der Waals surface area (Å²) in [6, 6.07) is 8.47. The quantitative estimate of drug-likeness (QED) is 0.811. The third-order valence-corrected chi connectivity index (χ3v) is 2.45. The summed E-state index contributed by atoms with van der Waals surface area (Å²) >= 11 is 0. The van der Waals surface area contributed by atoms with E-state index in [0.29, 0.717) is 17.8 Å². The maximum absolute atomic E-state index is 11.7. The van der Waals surface area contributed by atoms with Gasteiger partial charge >= 0.3 is 0 Å². The van der Waals surface area contributed by atoms with Crippen molar-refractivity contribution in [3.8, 4) is 0 Å². The Kier molecular flexibility index (Phi) is 3.43. The summed E-state index contributed by atoms with van der Waals surface area (Å²) in [6.07, 6.45) is 2.03. The van der Waals surface area contributed by atoms with Crippen LogP contribution in [0.5, 0.6) is 0 Å². The fourth-order valence-corrected chi connectivity index (χ4v) is 1.52. The van der Waals surface area contributed by atoms with Gasteiger partial charge in [0.2, 0.25) is 6.41 Å². The van der Waals surface area contributed by atoms with Gasteiger partial charge in [0.1, 0.15) is 0 Å². The van der Waals surface area contributed by atoms with Crippen LogP contribution in [0.25, 0.3) is 0 Å². The number of hydrogen-bond donors (Lipinski definition) is 2. The summed E-state index contributed by atoms with van der Waals surface area (Å²) in [7, 11) is 0. The lowest BCUT2D eigenvalue weighted by Crippen LogP contribution is -2.11. The molecular weight excluding hydrogens is 232 g/mol. The van der Waals surface area contributed by atoms with Crippen molar-refractivity contribution in [2.24, 2.45) is 0 Å². The molecule has 2 aromatic rings. The molecule has 0 bridgehead atoms. The van der Waals surface area contributed by atoms with Gasteiger partial charge in [0.25, 0.3) is 5.91 Å². The highest BCUT2D eigenvalue weighted by molar-refractivity contribution is 6.02. The van der Waals surface area contributed by atoms with Crippen LogP contribution in [-0.2, 0) is 4.79 Å². The van der Waals surface area contributed by atoms with E-state index in [1.165, 1.54) is 6.26 Å². The van der Waals surface area contributed by atoms with Gasteiger partial charge in [-0.25, -0.2) is 0 Å². The van der Waals surface area contributed by atoms with Gasteiger partial charge in [0, 0.05) is 11.4 Å². The molecule has 5 heteroatoms. The second-order valence-corrected chi connectivity index (χ2v) is 3.72. The zero-order valence-electron chi connectivity index (χ0n) is 9.77. The van der Waals surface area contributed by atoms with E-state index >= 15 is 0 Å². The van der Waals surface area contributed by atoms with Crippen LogP contribution in [0.15, 0.2) is 41.0 Å². The maximum Gasteiger partial charge on any atom is 0.291 e. The molecule has 0 aliphatic carbocycles. The zero-order chi connectivity index (χ0) is 13.0. The van der Waals surface area contributed by atoms with Gasteiger partial charge in [0.05, 0.1) is 6.26 Å². The largest absolute Gasteiger partial charge is 0.459 e. The van der Waals surface area contributed by atoms with Crippen molar-refractivity contribution in [1.29, 1.82) is 0 Å². The summed E-state index contributed by atoms with van der Waals surface area (Å²) < 4.78 is 4.99. The van der Waals surface area contributed by atoms with Crippen molar-refractivity contribution in [1.82, 2.24) is 0 Å². The van der Waals surface area contributed by atoms with E-state index in [2.05, 4.69) is 10.6 Å². The van der Waals surface area contributed by atoms with Gasteiger partial charge in [0.15, 0.2) is 5.76 Å². The molecule has 92 valence electrons. The Morgan fingerprint density at radius 2 is 2.17 bits per heavy atom. The monoisotopic (exact) mass is 244 g/mol. The topological polar surface area (TPSA) is 71.3 Å². The summed E-state index contributed by atoms with van der Waals surface area (Å²) in [5, 5.41) is 5.25. The van der Waals surface area contributed by atoms with Gasteiger partial charge in [-0.1, -0.05) is 6.07 Å². The molecule has 0 aliphatic heterocycles. The number of carbonyl (C=O) groups excluding carboxylic acids is 2. The Balaban J connectivity index is 2.17. The molecule has 0 aliphatic rings. The smallest absolute Gasteiger partial charge is 0.291 e. The molecule has 0 saturated carbocycles. The number of hydrogen-bond acceptors (Lipinski definition) is 3. The van der Waals surface area contributed by atoms with Gasteiger partial charge in [-0.05, 0) is 36.8 Å². The molecule has 5 nitrogen and oxygen atoms in total. The highest BCUT2D eigenvalue weighted by atomic mass is 16.3. The number of amides is 2. The SMILES string of the molecule is Cc1ccc(NC(=O)c2ccco2)cc1NC=O. The fraction of sp³-hybridized carbons (Fsp3) is 0.0769. The molecule has 0 spiro atoms. The third kappa shape index (κ3) is 2.57. The van der Waals surface area contributed by atoms with Crippen LogP contribution < -0.4 is 10.6 Å². The van der Waals surface area contributed by atoms with E-state index in [1.807, 2.05) is 13.0 Å². The Bertz CT molecular complexity index is 562. The minimum Gasteiger partial charge on any atom is -0.459 e. The van der Waals surface area contributed by atoms with E-state index in [0.717, 1.165) is 5.56 Å². The molecule has 2 N–H and O–H groups in total. The van der Waals surface area contributed by atoms with E-state index in [4.69, 9.17) is 4.42 Å². The zero-order valence-corrected chi connectivity index (χ0v) is 9.77. The molecule has 0 atom stereocenters. The molecule has 1 aromatic heterocycles. The van der Waals surface area contributed by atoms with Crippen LogP contribution in [0.4, 0.5) is 11.4 Å². The number of carbonyl (C=O) groups is 2. The molecule has 1 heterocycles. The van der Waals surface area contributed by atoms with Crippen molar-refractivity contribution in [2.75, 3.05) is 10.6 Å². The average Bonchev–Trinajstić information content (AvgIpc) is 2.87. The molecule has 0 unspecified atom stereocenters. The highest BCUT2D eigenvalue weighted by Crippen LogP contribution is 2.20. The second-order valence-electron chi connectivity index (χ2n) is 3.72. The first-order valence-corrected chi connectivity index (χ1v) is 5.36. The van der Waals surface area contributed by atoms with Crippen molar-refractivity contribution < 1.29 is 14.0 Å². The van der Waals surface area contributed by atoms with Gasteiger partial charge in [-0.15, -0.1) is 0 Å². The first-order valence-electron chi connectivity index (χ1n) is 5.36. The number of rotatable bonds is 4. The maximum atomic E-state index is 11.7. The second kappa shape index (κ2) is 5.18. The van der Waals surface area contributed by atoms with Crippen LogP contribution in [0.3, 0.4) is 0 Å². The number of benzene rings is 1. The minimum absolute atomic E-state index is 0.237. The van der Waals surface area contributed by atoms with Crippen molar-refractivity contribution >= 4 is 23.7 Å². The number of furan rings is 1. The van der Waals surface area contributed by atoms with Crippen LogP contribution in [0.2, 0.25) is 0 Å². The lowest BCUT2D eigenvalue weighted by molar-refractivity contribution is -0.105. The van der Waals surface area contributed by atoms with Gasteiger partial charge in [-0.3, -0.25) is 9.59 Å². The number of nitrogens with one attached hydrogen (secondary N) is 2. The van der Waals surface area contributed by atoms with Crippen LogP contribution in [-0.4, -0.2) is 12.3 Å². The van der Waals surface area contributed by atoms with Gasteiger partial charge in [-0.2, -0.15) is 0 Å². The Morgan fingerprint density at radius 1 is 1.33 bits per heavy atom. The first kappa shape index (κ1) is 11.9. The molecular formula is C13H12N2O3. The Morgan fingerprint density at radius 3 is 2.83 bits per heavy atom. The molecule has 0 saturated heterocycles. The summed E-state index contributed by atoms with van der Waals surface area (Å²) in [4.78, 5) is 22.2. The third-order valence-electron chi connectivity index (χ3n) is 2.45. The highest BCUT2D eigenvalue weighted by Gasteiger charge is 2.09. The van der Waals surface area contributed by atoms with Crippen LogP contribution in [0, 0.1) is 6.92 Å². The van der Waals surface area contributed by atoms with E-state index in [-0.39, 0.29) is 11.7 Å². The predicted molar refractivity (Wildman–Crippen MR) is 67.5 cm³/mol. The number of anilines is 2. The van der Waals surface area contributed by atoms with Crippen molar-refractivity contribution in [3.63, 3.8) is 0 Å². The van der Waals surface area contributed by atoms with Crippen molar-refractivity contribution in [2.45, 2.75) is 6.92 Å². The molecule has 0 fully saturated rings. The molecule has 1 aromatic carbocycles. The Hall–Kier alpha value is -2.56. The van der Waals surface area contributed by atoms with E-state index in [9.17, 15) is 9.59 Å². The fourth-order valence-electron chi connectivity index (χ4n) is 1.52. The lowest BCUT2D eigenvalue weighted by atomic mass is 10.2. The van der Waals surface area contributed by atoms with Crippen LogP contribution in [0.1, 0.15) is 16.1 Å². The first-order chi connectivity index (χ1) is 8.70. The van der Waals surface area contributed by atoms with Crippen molar-refractivity contribution in [3.05, 3.63) is 47.9 Å². The standard InChI is InChI=1S/C13H12N2O3/c1-9-4-5-10(7-11(9)14-8-16)15-13(17)12-3-2-6-18-12/h2-8H,1H3,(H,14,16)(H,15,17). The minimum atomic E-state index is -0.332. The predicted octanol–water partition coefficient (Wildman–Crippen LogP) is 2.41.